The van der Waals surface area contributed by atoms with E-state index < -0.39 is 0 Å². The van der Waals surface area contributed by atoms with Crippen molar-refractivity contribution in [1.29, 1.82) is 0 Å². The van der Waals surface area contributed by atoms with Crippen LogP contribution in [-0.4, -0.2) is 28.7 Å². The van der Waals surface area contributed by atoms with Crippen molar-refractivity contribution >= 4 is 17.8 Å². The van der Waals surface area contributed by atoms with E-state index in [4.69, 9.17) is 4.74 Å². The molecule has 2 bridgehead atoms. The first-order valence-electron chi connectivity index (χ1n) is 11.6. The molecule has 4 atom stereocenters. The van der Waals surface area contributed by atoms with Crippen LogP contribution in [0.5, 0.6) is 5.75 Å². The van der Waals surface area contributed by atoms with Gasteiger partial charge >= 0.3 is 5.97 Å². The number of carbonyl (C=O) groups is 3. The van der Waals surface area contributed by atoms with Gasteiger partial charge < -0.3 is 4.74 Å². The number of amides is 2. The van der Waals surface area contributed by atoms with E-state index in [1.807, 2.05) is 24.3 Å². The maximum absolute atomic E-state index is 13.0. The van der Waals surface area contributed by atoms with E-state index in [1.54, 1.807) is 4.90 Å². The van der Waals surface area contributed by atoms with Gasteiger partial charge in [-0.15, -0.1) is 0 Å². The van der Waals surface area contributed by atoms with E-state index in [0.29, 0.717) is 31.4 Å². The highest BCUT2D eigenvalue weighted by atomic mass is 16.5. The van der Waals surface area contributed by atoms with E-state index in [-0.39, 0.29) is 58.8 Å². The first-order chi connectivity index (χ1) is 14.7. The maximum Gasteiger partial charge on any atom is 0.314 e. The molecule has 0 aromatic heterocycles. The first kappa shape index (κ1) is 20.5. The standard InChI is InChI=1S/C26H31NO4/c1-26(2,3)18-8-12-20(13-9-18)31-25(30)15-6-10-19(11-7-15)27-23(28)21-16-4-5-17(14-16)22(21)24(27)29/h4-5,8-9,12-13,15-17,19,21-22H,6-7,10-11,14H2,1-3H3/t15?,16-,17+,19?,21-,22-/m0/s1. The second-order valence-corrected chi connectivity index (χ2v) is 10.7. The third-order valence-corrected chi connectivity index (χ3v) is 7.84. The third-order valence-electron chi connectivity index (χ3n) is 7.84. The number of ether oxygens (including phenoxy) is 1. The van der Waals surface area contributed by atoms with Crippen molar-refractivity contribution < 1.29 is 19.1 Å². The predicted octanol–water partition coefficient (Wildman–Crippen LogP) is 4.26. The largest absolute Gasteiger partial charge is 0.426 e. The molecule has 2 amide bonds. The Kier molecular flexibility index (Phi) is 4.83. The van der Waals surface area contributed by atoms with Gasteiger partial charge in [0.05, 0.1) is 17.8 Å². The lowest BCUT2D eigenvalue weighted by molar-refractivity contribution is -0.145. The van der Waals surface area contributed by atoms with Crippen LogP contribution in [0.2, 0.25) is 0 Å². The molecule has 5 heteroatoms. The van der Waals surface area contributed by atoms with Crippen molar-refractivity contribution in [3.63, 3.8) is 0 Å². The molecule has 164 valence electrons. The molecule has 1 heterocycles. The summed E-state index contributed by atoms with van der Waals surface area (Å²) in [4.78, 5) is 40.3. The van der Waals surface area contributed by atoms with Gasteiger partial charge in [0, 0.05) is 6.04 Å². The van der Waals surface area contributed by atoms with Crippen LogP contribution in [0, 0.1) is 29.6 Å². The van der Waals surface area contributed by atoms with E-state index in [2.05, 4.69) is 32.9 Å². The van der Waals surface area contributed by atoms with Crippen LogP contribution in [0.3, 0.4) is 0 Å². The summed E-state index contributed by atoms with van der Waals surface area (Å²) in [6.07, 6.45) is 7.88. The zero-order chi connectivity index (χ0) is 21.9. The first-order valence-corrected chi connectivity index (χ1v) is 11.6. The molecule has 2 saturated carbocycles. The molecule has 3 fully saturated rings. The van der Waals surface area contributed by atoms with Crippen molar-refractivity contribution in [2.24, 2.45) is 29.6 Å². The number of likely N-dealkylation sites (tertiary alicyclic amines) is 1. The number of hydrogen-bond donors (Lipinski definition) is 0. The summed E-state index contributed by atoms with van der Waals surface area (Å²) in [6, 6.07) is 7.64. The number of fused-ring (bicyclic) bond motifs is 5. The molecule has 1 aliphatic heterocycles. The lowest BCUT2D eigenvalue weighted by atomic mass is 9.85. The molecule has 4 aliphatic rings. The van der Waals surface area contributed by atoms with Crippen molar-refractivity contribution in [2.45, 2.75) is 64.3 Å². The molecule has 5 rings (SSSR count). The molecule has 0 radical (unpaired) electrons. The Balaban J connectivity index is 1.18. The monoisotopic (exact) mass is 421 g/mol. The summed E-state index contributed by atoms with van der Waals surface area (Å²) < 4.78 is 5.63. The summed E-state index contributed by atoms with van der Waals surface area (Å²) in [5.41, 5.74) is 1.25. The number of allylic oxidation sites excluding steroid dienone is 2. The lowest BCUT2D eigenvalue weighted by Crippen LogP contribution is -2.44. The summed E-state index contributed by atoms with van der Waals surface area (Å²) in [6.45, 7) is 6.45. The second-order valence-electron chi connectivity index (χ2n) is 10.7. The minimum absolute atomic E-state index is 0.0248. The van der Waals surface area contributed by atoms with E-state index in [1.165, 1.54) is 5.56 Å². The molecule has 31 heavy (non-hydrogen) atoms. The number of carbonyl (C=O) groups excluding carboxylic acids is 3. The Labute approximate surface area is 183 Å². The fraction of sp³-hybridized carbons (Fsp3) is 0.577. The lowest BCUT2D eigenvalue weighted by Gasteiger charge is -2.33. The molecule has 0 unspecified atom stereocenters. The van der Waals surface area contributed by atoms with Crippen molar-refractivity contribution in [1.82, 2.24) is 4.90 Å². The Morgan fingerprint density at radius 3 is 1.97 bits per heavy atom. The average molecular weight is 422 g/mol. The van der Waals surface area contributed by atoms with Crippen LogP contribution in [0.25, 0.3) is 0 Å². The van der Waals surface area contributed by atoms with Gasteiger partial charge in [-0.05, 0) is 67.1 Å². The third kappa shape index (κ3) is 3.42. The molecule has 3 aliphatic carbocycles. The Bertz CT molecular complexity index is 903. The highest BCUT2D eigenvalue weighted by molar-refractivity contribution is 6.06. The zero-order valence-corrected chi connectivity index (χ0v) is 18.5. The highest BCUT2D eigenvalue weighted by Crippen LogP contribution is 2.53. The normalized spacial score (nSPS) is 34.4. The Morgan fingerprint density at radius 1 is 0.903 bits per heavy atom. The molecule has 5 nitrogen and oxygen atoms in total. The summed E-state index contributed by atoms with van der Waals surface area (Å²) in [5, 5.41) is 0. The van der Waals surface area contributed by atoms with Crippen LogP contribution < -0.4 is 4.74 Å². The van der Waals surface area contributed by atoms with Crippen LogP contribution in [0.15, 0.2) is 36.4 Å². The van der Waals surface area contributed by atoms with Crippen LogP contribution in [0.4, 0.5) is 0 Å². The molecule has 0 N–H and O–H groups in total. The Morgan fingerprint density at radius 2 is 1.45 bits per heavy atom. The van der Waals surface area contributed by atoms with Gasteiger partial charge in [0.15, 0.2) is 0 Å². The van der Waals surface area contributed by atoms with Crippen LogP contribution >= 0.6 is 0 Å². The highest BCUT2D eigenvalue weighted by Gasteiger charge is 2.60. The van der Waals surface area contributed by atoms with Crippen LogP contribution in [0.1, 0.15) is 58.4 Å². The second kappa shape index (κ2) is 7.32. The molecule has 0 spiro atoms. The van der Waals surface area contributed by atoms with Gasteiger partial charge in [0.1, 0.15) is 5.75 Å². The molecular weight excluding hydrogens is 390 g/mol. The number of rotatable bonds is 3. The Hall–Kier alpha value is -2.43. The summed E-state index contributed by atoms with van der Waals surface area (Å²) in [5.74, 6) is 0.445. The SMILES string of the molecule is CC(C)(C)c1ccc(OC(=O)C2CCC(N3C(=O)[C@@H]4[C@@H](C3=O)[C@H]3C=C[C@@H]4C3)CC2)cc1. The minimum Gasteiger partial charge on any atom is -0.426 e. The fourth-order valence-electron chi connectivity index (χ4n) is 6.08. The van der Waals surface area contributed by atoms with Crippen molar-refractivity contribution in [3.8, 4) is 5.75 Å². The number of imide groups is 1. The molecule has 1 aromatic carbocycles. The average Bonchev–Trinajstić information content (AvgIpc) is 3.42. The van der Waals surface area contributed by atoms with Gasteiger partial charge in [-0.25, -0.2) is 0 Å². The number of nitrogens with zero attached hydrogens (tertiary/aromatic N) is 1. The smallest absolute Gasteiger partial charge is 0.314 e. The van der Waals surface area contributed by atoms with Gasteiger partial charge in [-0.3, -0.25) is 19.3 Å². The number of benzene rings is 1. The molecule has 1 aromatic rings. The summed E-state index contributed by atoms with van der Waals surface area (Å²) in [7, 11) is 0. The van der Waals surface area contributed by atoms with E-state index in [0.717, 1.165) is 6.42 Å². The molecular formula is C26H31NO4. The van der Waals surface area contributed by atoms with Gasteiger partial charge in [0.2, 0.25) is 11.8 Å². The predicted molar refractivity (Wildman–Crippen MR) is 116 cm³/mol. The van der Waals surface area contributed by atoms with Crippen molar-refractivity contribution in [3.05, 3.63) is 42.0 Å². The van der Waals surface area contributed by atoms with Gasteiger partial charge in [-0.2, -0.15) is 0 Å². The number of esters is 1. The van der Waals surface area contributed by atoms with E-state index in [9.17, 15) is 14.4 Å². The summed E-state index contributed by atoms with van der Waals surface area (Å²) >= 11 is 0. The van der Waals surface area contributed by atoms with Gasteiger partial charge in [-0.1, -0.05) is 45.1 Å². The number of hydrogen-bond acceptors (Lipinski definition) is 4. The van der Waals surface area contributed by atoms with Crippen LogP contribution in [-0.2, 0) is 19.8 Å². The quantitative estimate of drug-likeness (QED) is 0.317. The topological polar surface area (TPSA) is 63.7 Å². The maximum atomic E-state index is 13.0. The van der Waals surface area contributed by atoms with Crippen molar-refractivity contribution in [2.75, 3.05) is 0 Å². The van der Waals surface area contributed by atoms with E-state index >= 15 is 0 Å². The molecule has 1 saturated heterocycles. The fourth-order valence-corrected chi connectivity index (χ4v) is 6.08. The van der Waals surface area contributed by atoms with Gasteiger partial charge in [0.25, 0.3) is 0 Å². The minimum atomic E-state index is -0.208. The zero-order valence-electron chi connectivity index (χ0n) is 18.5.